The molecule has 5 aromatic rings. The summed E-state index contributed by atoms with van der Waals surface area (Å²) in [5, 5.41) is 4.37. The topological polar surface area (TPSA) is 125 Å². The third-order valence-electron chi connectivity index (χ3n) is 6.89. The summed E-state index contributed by atoms with van der Waals surface area (Å²) in [4.78, 5) is 23.9. The van der Waals surface area contributed by atoms with E-state index >= 15 is 0 Å². The van der Waals surface area contributed by atoms with Gasteiger partial charge in [-0.25, -0.2) is 13.8 Å². The molecule has 14 heteroatoms. The predicted molar refractivity (Wildman–Crippen MR) is 140 cm³/mol. The maximum Gasteiger partial charge on any atom is 0.309 e. The van der Waals surface area contributed by atoms with Crippen LogP contribution in [0, 0.1) is 11.6 Å². The fraction of sp³-hybridized carbons (Fsp3) is 0.333. The van der Waals surface area contributed by atoms with Gasteiger partial charge in [0.2, 0.25) is 11.8 Å². The number of nitrogens with zero attached hydrogens (tertiary/aromatic N) is 6. The first-order valence-electron chi connectivity index (χ1n) is 11.9. The Balaban J connectivity index is 1.19. The molecule has 1 aliphatic rings. The van der Waals surface area contributed by atoms with Crippen molar-refractivity contribution >= 4 is 44.1 Å². The monoisotopic (exact) mass is 559 g/mol. The van der Waals surface area contributed by atoms with E-state index in [2.05, 4.69) is 20.0 Å². The van der Waals surface area contributed by atoms with Crippen molar-refractivity contribution in [2.75, 3.05) is 31.6 Å². The van der Waals surface area contributed by atoms with Crippen molar-refractivity contribution in [3.05, 3.63) is 57.4 Å². The van der Waals surface area contributed by atoms with Crippen molar-refractivity contribution < 1.29 is 17.4 Å². The second-order valence-corrected chi connectivity index (χ2v) is 11.5. The molecule has 0 bridgehead atoms. The highest BCUT2D eigenvalue weighted by Gasteiger charge is 2.26. The van der Waals surface area contributed by atoms with Gasteiger partial charge in [-0.05, 0) is 55.6 Å². The zero-order valence-electron chi connectivity index (χ0n) is 20.3. The van der Waals surface area contributed by atoms with Crippen LogP contribution in [0.15, 0.2) is 44.6 Å². The molecule has 0 saturated carbocycles. The summed E-state index contributed by atoms with van der Waals surface area (Å²) in [7, 11) is -1.53. The van der Waals surface area contributed by atoms with E-state index in [4.69, 9.17) is 10.2 Å². The maximum atomic E-state index is 14.5. The number of nitrogens with two attached hydrogens (primary N) is 1. The van der Waals surface area contributed by atoms with Crippen LogP contribution in [0.5, 0.6) is 0 Å². The van der Waals surface area contributed by atoms with Crippen molar-refractivity contribution in [1.29, 1.82) is 0 Å². The number of nitrogen functional groups attached to an aromatic ring is 1. The minimum Gasteiger partial charge on any atom is -0.461 e. The quantitative estimate of drug-likeness (QED) is 0.336. The molecule has 0 radical (unpaired) electrons. The molecule has 10 nitrogen and oxygen atoms in total. The van der Waals surface area contributed by atoms with Crippen LogP contribution in [0.4, 0.5) is 14.7 Å². The standard InChI is InChI=1S/C24H23F2N7O3S2/c1-38(35)18-11-14(15(25)12-16(18)26)13-4-6-31(7-5-13)8-9-32-21-19(37-24(32)34)22-28-20(17-3-2-10-36-17)30-33(22)23(27)29-21/h2-3,10-13H,4-9H2,1H3,(H2,27,29)/t38-/m0/s1. The number of rotatable bonds is 6. The van der Waals surface area contributed by atoms with Gasteiger partial charge in [0.15, 0.2) is 17.1 Å². The average Bonchev–Trinajstić information content (AvgIpc) is 3.62. The number of hydrogen-bond acceptors (Lipinski definition) is 9. The SMILES string of the molecule is C[S@](=O)c1cc(C2CCN(CCn3c(=O)sc4c3nc(N)n3nc(-c5ccco5)nc43)CC2)c(F)cc1F. The Kier molecular flexibility index (Phi) is 6.32. The van der Waals surface area contributed by atoms with E-state index in [9.17, 15) is 17.8 Å². The molecule has 0 amide bonds. The van der Waals surface area contributed by atoms with Gasteiger partial charge in [0.05, 0.1) is 22.0 Å². The highest BCUT2D eigenvalue weighted by molar-refractivity contribution is 7.84. The van der Waals surface area contributed by atoms with E-state index in [-0.39, 0.29) is 21.6 Å². The van der Waals surface area contributed by atoms with Gasteiger partial charge in [0.1, 0.15) is 16.3 Å². The summed E-state index contributed by atoms with van der Waals surface area (Å²) in [5.74, 6) is -0.543. The fourth-order valence-electron chi connectivity index (χ4n) is 4.92. The van der Waals surface area contributed by atoms with Gasteiger partial charge >= 0.3 is 4.87 Å². The first-order chi connectivity index (χ1) is 18.3. The molecule has 5 heterocycles. The molecule has 1 saturated heterocycles. The van der Waals surface area contributed by atoms with E-state index < -0.39 is 22.4 Å². The molecule has 0 spiro atoms. The summed E-state index contributed by atoms with van der Waals surface area (Å²) >= 11 is 1.04. The lowest BCUT2D eigenvalue weighted by atomic mass is 9.89. The van der Waals surface area contributed by atoms with Crippen LogP contribution in [0.2, 0.25) is 0 Å². The Morgan fingerprint density at radius 1 is 1.16 bits per heavy atom. The molecule has 1 aromatic carbocycles. The van der Waals surface area contributed by atoms with Gasteiger partial charge in [0.25, 0.3) is 0 Å². The van der Waals surface area contributed by atoms with Crippen LogP contribution in [-0.2, 0) is 17.3 Å². The molecule has 0 aliphatic carbocycles. The molecular weight excluding hydrogens is 536 g/mol. The number of fused-ring (bicyclic) bond motifs is 3. The molecule has 2 N–H and O–H groups in total. The van der Waals surface area contributed by atoms with Crippen molar-refractivity contribution in [2.24, 2.45) is 0 Å². The zero-order chi connectivity index (χ0) is 26.6. The first-order valence-corrected chi connectivity index (χ1v) is 14.3. The lowest BCUT2D eigenvalue weighted by Crippen LogP contribution is -2.36. The van der Waals surface area contributed by atoms with Crippen LogP contribution >= 0.6 is 11.3 Å². The van der Waals surface area contributed by atoms with Gasteiger partial charge in [-0.1, -0.05) is 11.3 Å². The molecule has 198 valence electrons. The zero-order valence-corrected chi connectivity index (χ0v) is 21.9. The molecule has 1 aliphatic heterocycles. The van der Waals surface area contributed by atoms with E-state index in [0.717, 1.165) is 17.4 Å². The fourth-order valence-corrected chi connectivity index (χ4v) is 6.48. The summed E-state index contributed by atoms with van der Waals surface area (Å²) in [6.07, 6.45) is 4.24. The second-order valence-electron chi connectivity index (χ2n) is 9.16. The van der Waals surface area contributed by atoms with Crippen molar-refractivity contribution in [2.45, 2.75) is 30.2 Å². The van der Waals surface area contributed by atoms with Crippen LogP contribution in [-0.4, -0.2) is 59.1 Å². The first kappa shape index (κ1) is 24.8. The van der Waals surface area contributed by atoms with Crippen LogP contribution in [0.25, 0.3) is 27.6 Å². The normalized spacial score (nSPS) is 16.1. The predicted octanol–water partition coefficient (Wildman–Crippen LogP) is 3.24. The molecule has 6 rings (SSSR count). The third-order valence-corrected chi connectivity index (χ3v) is 8.78. The Labute approximate surface area is 221 Å². The summed E-state index contributed by atoms with van der Waals surface area (Å²) < 4.78 is 49.3. The second kappa shape index (κ2) is 9.67. The van der Waals surface area contributed by atoms with Gasteiger partial charge in [-0.3, -0.25) is 13.6 Å². The van der Waals surface area contributed by atoms with Crippen LogP contribution in [0.1, 0.15) is 24.3 Å². The van der Waals surface area contributed by atoms with E-state index in [0.29, 0.717) is 72.2 Å². The van der Waals surface area contributed by atoms with Gasteiger partial charge in [0, 0.05) is 25.4 Å². The number of benzene rings is 1. The van der Waals surface area contributed by atoms with Crippen molar-refractivity contribution in [1.82, 2.24) is 29.0 Å². The molecule has 0 unspecified atom stereocenters. The van der Waals surface area contributed by atoms with Gasteiger partial charge in [-0.15, -0.1) is 5.10 Å². The number of piperidine rings is 1. The summed E-state index contributed by atoms with van der Waals surface area (Å²) in [5.41, 5.74) is 7.45. The third kappa shape index (κ3) is 4.31. The summed E-state index contributed by atoms with van der Waals surface area (Å²) in [6, 6.07) is 5.70. The minimum absolute atomic E-state index is 0.0253. The lowest BCUT2D eigenvalue weighted by Gasteiger charge is -2.32. The smallest absolute Gasteiger partial charge is 0.309 e. The highest BCUT2D eigenvalue weighted by atomic mass is 32.2. The van der Waals surface area contributed by atoms with Gasteiger partial charge < -0.3 is 15.1 Å². The largest absolute Gasteiger partial charge is 0.461 e. The highest BCUT2D eigenvalue weighted by Crippen LogP contribution is 2.32. The van der Waals surface area contributed by atoms with E-state index in [1.807, 2.05) is 0 Å². The molecular formula is C24H23F2N7O3S2. The molecule has 1 fully saturated rings. The lowest BCUT2D eigenvalue weighted by molar-refractivity contribution is 0.204. The molecule has 1 atom stereocenters. The number of aromatic nitrogens is 5. The number of thiazole rings is 1. The number of hydrogen-bond donors (Lipinski definition) is 1. The van der Waals surface area contributed by atoms with Crippen LogP contribution in [0.3, 0.4) is 0 Å². The van der Waals surface area contributed by atoms with E-state index in [1.54, 1.807) is 16.7 Å². The number of halogens is 2. The van der Waals surface area contributed by atoms with Crippen LogP contribution < -0.4 is 10.6 Å². The number of likely N-dealkylation sites (tertiary alicyclic amines) is 1. The average molecular weight is 560 g/mol. The van der Waals surface area contributed by atoms with E-state index in [1.165, 1.54) is 23.1 Å². The van der Waals surface area contributed by atoms with Crippen molar-refractivity contribution in [3.8, 4) is 11.6 Å². The number of anilines is 1. The Bertz CT molecular complexity index is 1740. The number of furan rings is 1. The minimum atomic E-state index is -1.53. The van der Waals surface area contributed by atoms with Gasteiger partial charge in [-0.2, -0.15) is 9.50 Å². The Morgan fingerprint density at radius 2 is 1.95 bits per heavy atom. The Hall–Kier alpha value is -3.49. The summed E-state index contributed by atoms with van der Waals surface area (Å²) in [6.45, 7) is 2.35. The van der Waals surface area contributed by atoms with Crippen molar-refractivity contribution in [3.63, 3.8) is 0 Å². The molecule has 38 heavy (non-hydrogen) atoms. The molecule has 4 aromatic heterocycles. The Morgan fingerprint density at radius 3 is 2.66 bits per heavy atom. The maximum absolute atomic E-state index is 14.5.